The second-order valence-corrected chi connectivity index (χ2v) is 3.83. The van der Waals surface area contributed by atoms with Gasteiger partial charge >= 0.3 is 0 Å². The number of hydrogen-bond donors (Lipinski definition) is 0. The topological polar surface area (TPSA) is 17.1 Å². The van der Waals surface area contributed by atoms with Crippen LogP contribution in [0.4, 0.5) is 4.39 Å². The highest BCUT2D eigenvalue weighted by molar-refractivity contribution is 5.98. The van der Waals surface area contributed by atoms with Gasteiger partial charge in [0.15, 0.2) is 5.78 Å². The van der Waals surface area contributed by atoms with Gasteiger partial charge in [-0.3, -0.25) is 4.79 Å². The minimum atomic E-state index is -0.334. The van der Waals surface area contributed by atoms with Crippen LogP contribution < -0.4 is 0 Å². The SMILES string of the molecule is CCc1ccc(F)cc1C(=O)C(C)CC. The fraction of sp³-hybridized carbons (Fsp3) is 0.462. The molecular weight excluding hydrogens is 191 g/mol. The molecule has 0 fully saturated rings. The summed E-state index contributed by atoms with van der Waals surface area (Å²) >= 11 is 0. The molecule has 0 aliphatic rings. The predicted octanol–water partition coefficient (Wildman–Crippen LogP) is 3.62. The zero-order valence-corrected chi connectivity index (χ0v) is 9.51. The molecule has 1 nitrogen and oxygen atoms in total. The highest BCUT2D eigenvalue weighted by Gasteiger charge is 2.16. The first-order chi connectivity index (χ1) is 7.10. The highest BCUT2D eigenvalue weighted by atomic mass is 19.1. The van der Waals surface area contributed by atoms with Crippen molar-refractivity contribution in [3.8, 4) is 0 Å². The second kappa shape index (κ2) is 5.06. The Hall–Kier alpha value is -1.18. The molecule has 1 atom stereocenters. The molecule has 1 unspecified atom stereocenters. The molecule has 0 aromatic heterocycles. The van der Waals surface area contributed by atoms with Crippen molar-refractivity contribution in [2.45, 2.75) is 33.6 Å². The van der Waals surface area contributed by atoms with E-state index in [9.17, 15) is 9.18 Å². The van der Waals surface area contributed by atoms with Crippen LogP contribution in [0.2, 0.25) is 0 Å². The number of Topliss-reactive ketones (excluding diaryl/α,β-unsaturated/α-hetero) is 1. The van der Waals surface area contributed by atoms with Gasteiger partial charge in [-0.25, -0.2) is 4.39 Å². The van der Waals surface area contributed by atoms with E-state index in [1.807, 2.05) is 20.8 Å². The van der Waals surface area contributed by atoms with Gasteiger partial charge in [0.2, 0.25) is 0 Å². The third-order valence-corrected chi connectivity index (χ3v) is 2.78. The lowest BCUT2D eigenvalue weighted by molar-refractivity contribution is 0.0926. The molecule has 0 saturated carbocycles. The largest absolute Gasteiger partial charge is 0.294 e. The van der Waals surface area contributed by atoms with E-state index in [1.54, 1.807) is 6.07 Å². The Kier molecular flexibility index (Phi) is 4.01. The summed E-state index contributed by atoms with van der Waals surface area (Å²) in [7, 11) is 0. The first-order valence-electron chi connectivity index (χ1n) is 5.42. The fourth-order valence-electron chi connectivity index (χ4n) is 1.54. The maximum absolute atomic E-state index is 13.1. The number of ketones is 1. The number of carbonyl (C=O) groups is 1. The fourth-order valence-corrected chi connectivity index (χ4v) is 1.54. The molecule has 0 aliphatic carbocycles. The van der Waals surface area contributed by atoms with Crippen molar-refractivity contribution >= 4 is 5.78 Å². The van der Waals surface area contributed by atoms with Gasteiger partial charge in [0, 0.05) is 11.5 Å². The van der Waals surface area contributed by atoms with Gasteiger partial charge < -0.3 is 0 Å². The summed E-state index contributed by atoms with van der Waals surface area (Å²) < 4.78 is 13.1. The van der Waals surface area contributed by atoms with Crippen molar-refractivity contribution in [1.29, 1.82) is 0 Å². The Balaban J connectivity index is 3.11. The molecule has 1 rings (SSSR count). The molecule has 0 N–H and O–H groups in total. The quantitative estimate of drug-likeness (QED) is 0.691. The summed E-state index contributed by atoms with van der Waals surface area (Å²) in [4.78, 5) is 11.9. The maximum atomic E-state index is 13.1. The monoisotopic (exact) mass is 208 g/mol. The van der Waals surface area contributed by atoms with Gasteiger partial charge in [0.25, 0.3) is 0 Å². The third-order valence-electron chi connectivity index (χ3n) is 2.78. The molecule has 82 valence electrons. The molecular formula is C13H17FO. The number of carbonyl (C=O) groups excluding carboxylic acids is 1. The highest BCUT2D eigenvalue weighted by Crippen LogP contribution is 2.18. The van der Waals surface area contributed by atoms with Crippen LogP contribution in [-0.4, -0.2) is 5.78 Å². The van der Waals surface area contributed by atoms with E-state index < -0.39 is 0 Å². The Morgan fingerprint density at radius 1 is 1.40 bits per heavy atom. The molecule has 0 radical (unpaired) electrons. The van der Waals surface area contributed by atoms with Crippen molar-refractivity contribution in [3.63, 3.8) is 0 Å². The van der Waals surface area contributed by atoms with Crippen LogP contribution in [0.1, 0.15) is 43.1 Å². The Morgan fingerprint density at radius 3 is 2.60 bits per heavy atom. The molecule has 0 heterocycles. The van der Waals surface area contributed by atoms with Crippen molar-refractivity contribution in [2.24, 2.45) is 5.92 Å². The van der Waals surface area contributed by atoms with Crippen molar-refractivity contribution in [3.05, 3.63) is 35.1 Å². The number of benzene rings is 1. The smallest absolute Gasteiger partial charge is 0.166 e. The zero-order chi connectivity index (χ0) is 11.4. The van der Waals surface area contributed by atoms with Crippen LogP contribution in [0, 0.1) is 11.7 Å². The summed E-state index contributed by atoms with van der Waals surface area (Å²) in [6, 6.07) is 4.46. The third kappa shape index (κ3) is 2.65. The van der Waals surface area contributed by atoms with Gasteiger partial charge in [0.1, 0.15) is 5.82 Å². The first kappa shape index (κ1) is 11.9. The maximum Gasteiger partial charge on any atom is 0.166 e. The molecule has 0 spiro atoms. The van der Waals surface area contributed by atoms with E-state index in [0.717, 1.165) is 18.4 Å². The van der Waals surface area contributed by atoms with Crippen molar-refractivity contribution in [2.75, 3.05) is 0 Å². The first-order valence-corrected chi connectivity index (χ1v) is 5.42. The van der Waals surface area contributed by atoms with Gasteiger partial charge in [-0.05, 0) is 30.5 Å². The van der Waals surface area contributed by atoms with Crippen LogP contribution in [-0.2, 0) is 6.42 Å². The molecule has 1 aromatic carbocycles. The summed E-state index contributed by atoms with van der Waals surface area (Å²) in [5.41, 5.74) is 1.48. The van der Waals surface area contributed by atoms with Crippen LogP contribution >= 0.6 is 0 Å². The molecule has 0 amide bonds. The average molecular weight is 208 g/mol. The van der Waals surface area contributed by atoms with E-state index in [0.29, 0.717) is 5.56 Å². The average Bonchev–Trinajstić information content (AvgIpc) is 2.27. The lowest BCUT2D eigenvalue weighted by atomic mass is 9.92. The van der Waals surface area contributed by atoms with Crippen molar-refractivity contribution < 1.29 is 9.18 Å². The number of rotatable bonds is 4. The van der Waals surface area contributed by atoms with Crippen LogP contribution in [0.3, 0.4) is 0 Å². The van der Waals surface area contributed by atoms with Gasteiger partial charge in [-0.2, -0.15) is 0 Å². The minimum Gasteiger partial charge on any atom is -0.294 e. The standard InChI is InChI=1S/C13H17FO/c1-4-9(3)13(15)12-8-11(14)7-6-10(12)5-2/h6-9H,4-5H2,1-3H3. The molecule has 0 bridgehead atoms. The molecule has 0 aliphatic heterocycles. The number of aryl methyl sites for hydroxylation is 1. The van der Waals surface area contributed by atoms with E-state index in [2.05, 4.69) is 0 Å². The number of hydrogen-bond acceptors (Lipinski definition) is 1. The normalized spacial score (nSPS) is 12.5. The predicted molar refractivity (Wildman–Crippen MR) is 59.6 cm³/mol. The zero-order valence-electron chi connectivity index (χ0n) is 9.51. The van der Waals surface area contributed by atoms with Gasteiger partial charge in [-0.15, -0.1) is 0 Å². The van der Waals surface area contributed by atoms with Crippen LogP contribution in [0.15, 0.2) is 18.2 Å². The second-order valence-electron chi connectivity index (χ2n) is 3.83. The molecule has 0 saturated heterocycles. The summed E-state index contributed by atoms with van der Waals surface area (Å²) in [5, 5.41) is 0. The summed E-state index contributed by atoms with van der Waals surface area (Å²) in [5.74, 6) is -0.315. The lowest BCUT2D eigenvalue weighted by Gasteiger charge is -2.11. The minimum absolute atomic E-state index is 0.0305. The Labute approximate surface area is 90.3 Å². The molecule has 15 heavy (non-hydrogen) atoms. The Bertz CT molecular complexity index is 358. The Morgan fingerprint density at radius 2 is 2.07 bits per heavy atom. The number of halogens is 1. The van der Waals surface area contributed by atoms with E-state index in [-0.39, 0.29) is 17.5 Å². The van der Waals surface area contributed by atoms with E-state index in [4.69, 9.17) is 0 Å². The molecule has 2 heteroatoms. The van der Waals surface area contributed by atoms with Crippen molar-refractivity contribution in [1.82, 2.24) is 0 Å². The van der Waals surface area contributed by atoms with Gasteiger partial charge in [-0.1, -0.05) is 26.8 Å². The van der Waals surface area contributed by atoms with E-state index >= 15 is 0 Å². The van der Waals surface area contributed by atoms with Crippen LogP contribution in [0.5, 0.6) is 0 Å². The summed E-state index contributed by atoms with van der Waals surface area (Å²) in [6.07, 6.45) is 1.55. The summed E-state index contributed by atoms with van der Waals surface area (Å²) in [6.45, 7) is 5.82. The lowest BCUT2D eigenvalue weighted by Crippen LogP contribution is -2.12. The van der Waals surface area contributed by atoms with E-state index in [1.165, 1.54) is 12.1 Å². The molecule has 1 aromatic rings. The van der Waals surface area contributed by atoms with Gasteiger partial charge in [0.05, 0.1) is 0 Å². The van der Waals surface area contributed by atoms with Crippen LogP contribution in [0.25, 0.3) is 0 Å².